The topological polar surface area (TPSA) is 59.4 Å². The summed E-state index contributed by atoms with van der Waals surface area (Å²) in [5.74, 6) is -4.60. The lowest BCUT2D eigenvalue weighted by Crippen LogP contribution is -2.27. The Kier molecular flexibility index (Phi) is 2.11. The fourth-order valence-electron chi connectivity index (χ4n) is 1.74. The van der Waals surface area contributed by atoms with Gasteiger partial charge in [-0.25, -0.2) is 13.8 Å². The largest absolute Gasteiger partial charge is 0.481 e. The summed E-state index contributed by atoms with van der Waals surface area (Å²) in [7, 11) is 1.34. The minimum Gasteiger partial charge on any atom is -0.481 e. The molecule has 4 nitrogen and oxygen atoms in total. The zero-order valence-electron chi connectivity index (χ0n) is 8.41. The Labute approximate surface area is 89.9 Å². The fraction of sp³-hybridized carbons (Fsp3) is 0.400. The van der Waals surface area contributed by atoms with Crippen LogP contribution in [0, 0.1) is 0 Å². The van der Waals surface area contributed by atoms with Crippen LogP contribution in [0.1, 0.15) is 12.0 Å². The molecule has 0 amide bonds. The molecule has 86 valence electrons. The van der Waals surface area contributed by atoms with Crippen molar-refractivity contribution in [3.05, 3.63) is 23.9 Å². The van der Waals surface area contributed by atoms with Crippen LogP contribution >= 0.6 is 0 Å². The lowest BCUT2D eigenvalue weighted by molar-refractivity contribution is -0.142. The number of methoxy groups -OCH3 is 1. The number of hydrogen-bond acceptors (Lipinski definition) is 3. The van der Waals surface area contributed by atoms with Crippen molar-refractivity contribution in [2.75, 3.05) is 7.11 Å². The first-order valence-electron chi connectivity index (χ1n) is 4.56. The summed E-state index contributed by atoms with van der Waals surface area (Å²) < 4.78 is 31.1. The molecular formula is C10H9F2NO3. The van der Waals surface area contributed by atoms with Gasteiger partial charge in [-0.15, -0.1) is 0 Å². The molecule has 1 aromatic heterocycles. The summed E-state index contributed by atoms with van der Waals surface area (Å²) in [5.41, 5.74) is -2.08. The molecule has 1 aromatic rings. The highest BCUT2D eigenvalue weighted by Crippen LogP contribution is 2.61. The maximum Gasteiger partial charge on any atom is 0.320 e. The third kappa shape index (κ3) is 1.26. The number of hydrogen-bond donors (Lipinski definition) is 1. The van der Waals surface area contributed by atoms with E-state index in [1.165, 1.54) is 25.4 Å². The predicted octanol–water partition coefficient (Wildman–Crippen LogP) is 1.45. The summed E-state index contributed by atoms with van der Waals surface area (Å²) in [5, 5.41) is 8.92. The van der Waals surface area contributed by atoms with E-state index in [-0.39, 0.29) is 11.4 Å². The van der Waals surface area contributed by atoms with Gasteiger partial charge in [-0.3, -0.25) is 4.79 Å². The van der Waals surface area contributed by atoms with Crippen molar-refractivity contribution in [1.29, 1.82) is 0 Å². The zero-order valence-corrected chi connectivity index (χ0v) is 8.41. The normalized spacial score (nSPS) is 26.2. The molecule has 0 saturated heterocycles. The Morgan fingerprint density at radius 2 is 2.25 bits per heavy atom. The van der Waals surface area contributed by atoms with Crippen LogP contribution in [-0.4, -0.2) is 29.1 Å². The summed E-state index contributed by atoms with van der Waals surface area (Å²) in [6.45, 7) is 0. The van der Waals surface area contributed by atoms with Crippen LogP contribution in [0.5, 0.6) is 5.88 Å². The fourth-order valence-corrected chi connectivity index (χ4v) is 1.74. The third-order valence-electron chi connectivity index (χ3n) is 2.79. The molecule has 1 saturated carbocycles. The van der Waals surface area contributed by atoms with Crippen molar-refractivity contribution in [2.24, 2.45) is 0 Å². The number of carboxylic acid groups (broad SMARTS) is 1. The first kappa shape index (κ1) is 10.8. The van der Waals surface area contributed by atoms with Crippen molar-refractivity contribution in [3.63, 3.8) is 0 Å². The summed E-state index contributed by atoms with van der Waals surface area (Å²) in [4.78, 5) is 14.7. The van der Waals surface area contributed by atoms with Crippen LogP contribution in [0.2, 0.25) is 0 Å². The molecule has 1 aliphatic carbocycles. The Balaban J connectivity index is 2.47. The van der Waals surface area contributed by atoms with Crippen LogP contribution in [0.3, 0.4) is 0 Å². The summed E-state index contributed by atoms with van der Waals surface area (Å²) >= 11 is 0. The molecule has 16 heavy (non-hydrogen) atoms. The molecule has 0 radical (unpaired) electrons. The number of carboxylic acids is 1. The quantitative estimate of drug-likeness (QED) is 0.852. The van der Waals surface area contributed by atoms with Gasteiger partial charge in [-0.2, -0.15) is 0 Å². The van der Waals surface area contributed by atoms with Gasteiger partial charge in [0, 0.05) is 18.7 Å². The average Bonchev–Trinajstić information content (AvgIpc) is 2.83. The van der Waals surface area contributed by atoms with Crippen molar-refractivity contribution in [3.8, 4) is 5.88 Å². The van der Waals surface area contributed by atoms with E-state index in [0.29, 0.717) is 0 Å². The minimum absolute atomic E-state index is 0.0249. The van der Waals surface area contributed by atoms with Gasteiger partial charge in [0.05, 0.1) is 7.11 Å². The maximum atomic E-state index is 13.2. The second-order valence-electron chi connectivity index (χ2n) is 3.68. The Hall–Kier alpha value is -1.72. The summed E-state index contributed by atoms with van der Waals surface area (Å²) in [6.07, 6.45) is 0.579. The van der Waals surface area contributed by atoms with Crippen molar-refractivity contribution >= 4 is 5.97 Å². The molecular weight excluding hydrogens is 220 g/mol. The molecule has 0 aromatic carbocycles. The average molecular weight is 229 g/mol. The first-order chi connectivity index (χ1) is 7.44. The molecule has 1 unspecified atom stereocenters. The lowest BCUT2D eigenvalue weighted by Gasteiger charge is -2.11. The van der Waals surface area contributed by atoms with Crippen LogP contribution in [0.25, 0.3) is 0 Å². The number of alkyl halides is 2. The van der Waals surface area contributed by atoms with E-state index < -0.39 is 23.7 Å². The van der Waals surface area contributed by atoms with Crippen molar-refractivity contribution < 1.29 is 23.4 Å². The van der Waals surface area contributed by atoms with Crippen LogP contribution in [0.15, 0.2) is 18.3 Å². The number of rotatable bonds is 3. The smallest absolute Gasteiger partial charge is 0.320 e. The van der Waals surface area contributed by atoms with Gasteiger partial charge in [0.15, 0.2) is 5.41 Å². The molecule has 1 aliphatic rings. The Bertz CT molecular complexity index is 449. The molecule has 0 aliphatic heterocycles. The Morgan fingerprint density at radius 3 is 2.69 bits per heavy atom. The predicted molar refractivity (Wildman–Crippen MR) is 49.7 cm³/mol. The van der Waals surface area contributed by atoms with Gasteiger partial charge in [0.25, 0.3) is 5.92 Å². The van der Waals surface area contributed by atoms with Crippen LogP contribution < -0.4 is 4.74 Å². The molecule has 1 N–H and O–H groups in total. The summed E-state index contributed by atoms with van der Waals surface area (Å²) in [6, 6.07) is 2.51. The van der Waals surface area contributed by atoms with Gasteiger partial charge in [-0.1, -0.05) is 0 Å². The van der Waals surface area contributed by atoms with E-state index in [0.717, 1.165) is 0 Å². The second-order valence-corrected chi connectivity index (χ2v) is 3.68. The highest BCUT2D eigenvalue weighted by atomic mass is 19.3. The molecule has 2 rings (SSSR count). The van der Waals surface area contributed by atoms with Gasteiger partial charge < -0.3 is 9.84 Å². The van der Waals surface area contributed by atoms with Gasteiger partial charge in [0.2, 0.25) is 5.88 Å². The van der Waals surface area contributed by atoms with Crippen LogP contribution in [-0.2, 0) is 10.2 Å². The van der Waals surface area contributed by atoms with E-state index in [1.807, 2.05) is 0 Å². The molecule has 1 fully saturated rings. The SMILES string of the molecule is COc1cc(C2(C(=O)O)CC2(F)F)ccn1. The van der Waals surface area contributed by atoms with E-state index in [2.05, 4.69) is 4.98 Å². The van der Waals surface area contributed by atoms with E-state index in [9.17, 15) is 13.6 Å². The number of aromatic nitrogens is 1. The molecule has 0 bridgehead atoms. The van der Waals surface area contributed by atoms with E-state index in [1.54, 1.807) is 0 Å². The zero-order chi connectivity index (χ0) is 12.0. The highest BCUT2D eigenvalue weighted by Gasteiger charge is 2.77. The highest BCUT2D eigenvalue weighted by molar-refractivity contribution is 5.87. The lowest BCUT2D eigenvalue weighted by atomic mass is 9.96. The van der Waals surface area contributed by atoms with Gasteiger partial charge >= 0.3 is 5.97 Å². The van der Waals surface area contributed by atoms with Crippen LogP contribution in [0.4, 0.5) is 8.78 Å². The second kappa shape index (κ2) is 3.13. The van der Waals surface area contributed by atoms with E-state index >= 15 is 0 Å². The molecule has 1 atom stereocenters. The molecule has 1 heterocycles. The number of aliphatic carboxylic acids is 1. The monoisotopic (exact) mass is 229 g/mol. The van der Waals surface area contributed by atoms with Gasteiger partial charge in [-0.05, 0) is 11.6 Å². The number of nitrogens with zero attached hydrogens (tertiary/aromatic N) is 1. The number of halogens is 2. The number of pyridine rings is 1. The van der Waals surface area contributed by atoms with Gasteiger partial charge in [0.1, 0.15) is 0 Å². The molecule has 6 heteroatoms. The van der Waals surface area contributed by atoms with Crippen molar-refractivity contribution in [2.45, 2.75) is 17.8 Å². The minimum atomic E-state index is -3.20. The Morgan fingerprint density at radius 1 is 1.62 bits per heavy atom. The maximum absolute atomic E-state index is 13.2. The standard InChI is InChI=1S/C10H9F2NO3/c1-16-7-4-6(2-3-13-7)9(8(14)15)5-10(9,11)12/h2-4H,5H2,1H3,(H,14,15). The van der Waals surface area contributed by atoms with E-state index in [4.69, 9.17) is 9.84 Å². The third-order valence-corrected chi connectivity index (χ3v) is 2.79. The number of ether oxygens (including phenoxy) is 1. The van der Waals surface area contributed by atoms with Crippen molar-refractivity contribution in [1.82, 2.24) is 4.98 Å². The molecule has 0 spiro atoms. The first-order valence-corrected chi connectivity index (χ1v) is 4.56. The number of carbonyl (C=O) groups is 1.